The van der Waals surface area contributed by atoms with E-state index in [1.54, 1.807) is 0 Å². The molecule has 0 spiro atoms. The quantitative estimate of drug-likeness (QED) is 0.411. The van der Waals surface area contributed by atoms with E-state index in [0.717, 1.165) is 23.3 Å². The van der Waals surface area contributed by atoms with Gasteiger partial charge in [0.25, 0.3) is 0 Å². The van der Waals surface area contributed by atoms with Crippen LogP contribution in [0.1, 0.15) is 29.3 Å². The van der Waals surface area contributed by atoms with E-state index < -0.39 is 15.8 Å². The summed E-state index contributed by atoms with van der Waals surface area (Å²) < 4.78 is 41.5. The first-order chi connectivity index (χ1) is 15.5. The highest BCUT2D eigenvalue weighted by Gasteiger charge is 2.27. The minimum Gasteiger partial charge on any atom is -0.262 e. The summed E-state index contributed by atoms with van der Waals surface area (Å²) in [5.41, 5.74) is 2.22. The molecule has 0 aliphatic rings. The van der Waals surface area contributed by atoms with Crippen molar-refractivity contribution in [1.82, 2.24) is 19.5 Å². The van der Waals surface area contributed by atoms with E-state index in [-0.39, 0.29) is 23.9 Å². The highest BCUT2D eigenvalue weighted by Crippen LogP contribution is 2.29. The Hall–Kier alpha value is -3.36. The van der Waals surface area contributed by atoms with Crippen LogP contribution >= 0.6 is 0 Å². The van der Waals surface area contributed by atoms with E-state index in [1.807, 2.05) is 60.7 Å². The zero-order valence-electron chi connectivity index (χ0n) is 17.3. The third-order valence-corrected chi connectivity index (χ3v) is 7.17. The van der Waals surface area contributed by atoms with Gasteiger partial charge in [-0.05, 0) is 41.8 Å². The standard InChI is InChI=1S/C24H23FN4O2S/c25-21-11-13-22(14-12-21)32(30,31)29(17-24-26-18-27-28-24)16-15-23(19-7-3-1-4-8-19)20-9-5-2-6-10-20/h1-14,18,23H,15-17H2,(H,26,27,28). The molecule has 1 aromatic heterocycles. The number of sulfonamides is 1. The average Bonchev–Trinajstić information content (AvgIpc) is 3.33. The van der Waals surface area contributed by atoms with Crippen molar-refractivity contribution in [3.63, 3.8) is 0 Å². The molecule has 1 N–H and O–H groups in total. The van der Waals surface area contributed by atoms with Crippen LogP contribution in [-0.4, -0.2) is 34.4 Å². The zero-order chi connectivity index (χ0) is 22.4. The molecule has 0 bridgehead atoms. The number of rotatable bonds is 9. The van der Waals surface area contributed by atoms with Crippen LogP contribution in [-0.2, 0) is 16.6 Å². The molecule has 0 fully saturated rings. The first kappa shape index (κ1) is 21.9. The van der Waals surface area contributed by atoms with Gasteiger partial charge in [-0.1, -0.05) is 60.7 Å². The van der Waals surface area contributed by atoms with Crippen molar-refractivity contribution in [3.8, 4) is 0 Å². The van der Waals surface area contributed by atoms with E-state index in [4.69, 9.17) is 0 Å². The number of hydrogen-bond acceptors (Lipinski definition) is 4. The normalized spacial score (nSPS) is 11.8. The van der Waals surface area contributed by atoms with Crippen LogP contribution in [0.5, 0.6) is 0 Å². The third-order valence-electron chi connectivity index (χ3n) is 5.31. The molecule has 4 aromatic rings. The Morgan fingerprint density at radius 3 is 2.00 bits per heavy atom. The van der Waals surface area contributed by atoms with Gasteiger partial charge < -0.3 is 0 Å². The lowest BCUT2D eigenvalue weighted by molar-refractivity contribution is 0.384. The summed E-state index contributed by atoms with van der Waals surface area (Å²) in [7, 11) is -3.88. The molecule has 8 heteroatoms. The molecule has 0 saturated carbocycles. The molecule has 32 heavy (non-hydrogen) atoms. The fourth-order valence-electron chi connectivity index (χ4n) is 3.68. The lowest BCUT2D eigenvalue weighted by Gasteiger charge is -2.25. The largest absolute Gasteiger partial charge is 0.262 e. The molecule has 0 aliphatic heterocycles. The second-order valence-corrected chi connectivity index (χ2v) is 9.33. The van der Waals surface area contributed by atoms with Crippen molar-refractivity contribution < 1.29 is 12.8 Å². The smallest absolute Gasteiger partial charge is 0.243 e. The second kappa shape index (κ2) is 9.84. The second-order valence-electron chi connectivity index (χ2n) is 7.39. The number of nitrogens with one attached hydrogen (secondary N) is 1. The molecule has 4 rings (SSSR count). The molecular weight excluding hydrogens is 427 g/mol. The molecular formula is C24H23FN4O2S. The lowest BCUT2D eigenvalue weighted by atomic mass is 9.88. The van der Waals surface area contributed by atoms with Crippen LogP contribution in [0.4, 0.5) is 4.39 Å². The van der Waals surface area contributed by atoms with E-state index in [0.29, 0.717) is 12.2 Å². The number of nitrogens with zero attached hydrogens (tertiary/aromatic N) is 3. The third kappa shape index (κ3) is 5.09. The fourth-order valence-corrected chi connectivity index (χ4v) is 5.10. The Labute approximate surface area is 186 Å². The van der Waals surface area contributed by atoms with Gasteiger partial charge in [0.2, 0.25) is 10.0 Å². The predicted octanol–water partition coefficient (Wildman–Crippen LogP) is 4.36. The summed E-state index contributed by atoms with van der Waals surface area (Å²) in [6.07, 6.45) is 1.90. The number of benzene rings is 3. The van der Waals surface area contributed by atoms with Gasteiger partial charge in [0, 0.05) is 12.5 Å². The van der Waals surface area contributed by atoms with Gasteiger partial charge in [0.1, 0.15) is 18.0 Å². The number of aromatic amines is 1. The topological polar surface area (TPSA) is 79.0 Å². The molecule has 6 nitrogen and oxygen atoms in total. The maximum absolute atomic E-state index is 13.4. The molecule has 0 aliphatic carbocycles. The monoisotopic (exact) mass is 450 g/mol. The number of hydrogen-bond donors (Lipinski definition) is 1. The lowest BCUT2D eigenvalue weighted by Crippen LogP contribution is -2.33. The van der Waals surface area contributed by atoms with Crippen LogP contribution < -0.4 is 0 Å². The van der Waals surface area contributed by atoms with E-state index in [1.165, 1.54) is 22.8 Å². The number of aromatic nitrogens is 3. The van der Waals surface area contributed by atoms with Gasteiger partial charge in [0.15, 0.2) is 0 Å². The first-order valence-corrected chi connectivity index (χ1v) is 11.7. The van der Waals surface area contributed by atoms with Crippen molar-refractivity contribution in [3.05, 3.63) is 114 Å². The summed E-state index contributed by atoms with van der Waals surface area (Å²) in [5.74, 6) is -0.0383. The average molecular weight is 451 g/mol. The number of H-pyrrole nitrogens is 1. The Bertz CT molecular complexity index is 1180. The van der Waals surface area contributed by atoms with Crippen LogP contribution in [0.25, 0.3) is 0 Å². The van der Waals surface area contributed by atoms with Crippen LogP contribution in [0, 0.1) is 5.82 Å². The molecule has 0 unspecified atom stereocenters. The minimum absolute atomic E-state index is 0.0121. The van der Waals surface area contributed by atoms with Gasteiger partial charge in [-0.3, -0.25) is 5.10 Å². The Morgan fingerprint density at radius 2 is 1.47 bits per heavy atom. The molecule has 1 heterocycles. The molecule has 0 radical (unpaired) electrons. The Kier molecular flexibility index (Phi) is 6.72. The molecule has 0 atom stereocenters. The first-order valence-electron chi connectivity index (χ1n) is 10.2. The Morgan fingerprint density at radius 1 is 0.875 bits per heavy atom. The van der Waals surface area contributed by atoms with Crippen LogP contribution in [0.2, 0.25) is 0 Å². The molecule has 3 aromatic carbocycles. The molecule has 0 saturated heterocycles. The fraction of sp³-hybridized carbons (Fsp3) is 0.167. The van der Waals surface area contributed by atoms with Gasteiger partial charge in [-0.25, -0.2) is 17.8 Å². The van der Waals surface area contributed by atoms with Crippen molar-refractivity contribution >= 4 is 10.0 Å². The van der Waals surface area contributed by atoms with Gasteiger partial charge in [-0.2, -0.15) is 9.40 Å². The Balaban J connectivity index is 1.64. The summed E-state index contributed by atoms with van der Waals surface area (Å²) in [6, 6.07) is 24.9. The highest BCUT2D eigenvalue weighted by molar-refractivity contribution is 7.89. The summed E-state index contributed by atoms with van der Waals surface area (Å²) in [5, 5.41) is 6.55. The van der Waals surface area contributed by atoms with Crippen molar-refractivity contribution in [1.29, 1.82) is 0 Å². The molecule has 164 valence electrons. The molecule has 0 amide bonds. The minimum atomic E-state index is -3.88. The van der Waals surface area contributed by atoms with E-state index >= 15 is 0 Å². The van der Waals surface area contributed by atoms with Crippen molar-refractivity contribution in [2.45, 2.75) is 23.8 Å². The maximum atomic E-state index is 13.4. The van der Waals surface area contributed by atoms with E-state index in [2.05, 4.69) is 15.2 Å². The number of halogens is 1. The maximum Gasteiger partial charge on any atom is 0.243 e. The summed E-state index contributed by atoms with van der Waals surface area (Å²) >= 11 is 0. The SMILES string of the molecule is O=S(=O)(c1ccc(F)cc1)N(CCC(c1ccccc1)c1ccccc1)Cc1ncn[nH]1. The van der Waals surface area contributed by atoms with Crippen molar-refractivity contribution in [2.75, 3.05) is 6.54 Å². The van der Waals surface area contributed by atoms with Gasteiger partial charge >= 0.3 is 0 Å². The highest BCUT2D eigenvalue weighted by atomic mass is 32.2. The van der Waals surface area contributed by atoms with Gasteiger partial charge in [0.05, 0.1) is 11.4 Å². The van der Waals surface area contributed by atoms with Crippen LogP contribution in [0.3, 0.4) is 0 Å². The van der Waals surface area contributed by atoms with E-state index in [9.17, 15) is 12.8 Å². The van der Waals surface area contributed by atoms with Gasteiger partial charge in [-0.15, -0.1) is 0 Å². The van der Waals surface area contributed by atoms with Crippen molar-refractivity contribution in [2.24, 2.45) is 0 Å². The van der Waals surface area contributed by atoms with Crippen LogP contribution in [0.15, 0.2) is 96.2 Å². The summed E-state index contributed by atoms with van der Waals surface area (Å²) in [4.78, 5) is 4.12. The predicted molar refractivity (Wildman–Crippen MR) is 120 cm³/mol. The summed E-state index contributed by atoms with van der Waals surface area (Å²) in [6.45, 7) is 0.283. The zero-order valence-corrected chi connectivity index (χ0v) is 18.1.